The van der Waals surface area contributed by atoms with Crippen LogP contribution in [0.25, 0.3) is 0 Å². The maximum atomic E-state index is 12.1. The first-order valence-corrected chi connectivity index (χ1v) is 9.24. The lowest BCUT2D eigenvalue weighted by molar-refractivity contribution is 0.102. The summed E-state index contributed by atoms with van der Waals surface area (Å²) in [5.41, 5.74) is 0.604. The Kier molecular flexibility index (Phi) is 5.16. The molecule has 0 spiro atoms. The molecular weight excluding hydrogens is 404 g/mol. The lowest BCUT2D eigenvalue weighted by Crippen LogP contribution is -2.27. The van der Waals surface area contributed by atoms with Gasteiger partial charge in [0.25, 0.3) is 0 Å². The lowest BCUT2D eigenvalue weighted by atomic mass is 10.2. The zero-order chi connectivity index (χ0) is 13.3. The minimum atomic E-state index is -1.16. The highest BCUT2D eigenvalue weighted by atomic mass is 79.9. The number of halogens is 2. The van der Waals surface area contributed by atoms with Crippen LogP contribution in [0.1, 0.15) is 23.7 Å². The Morgan fingerprint density at radius 3 is 2.83 bits per heavy atom. The van der Waals surface area contributed by atoms with E-state index in [4.69, 9.17) is 4.74 Å². The van der Waals surface area contributed by atoms with Crippen LogP contribution >= 0.6 is 43.2 Å². The van der Waals surface area contributed by atoms with Gasteiger partial charge in [0.1, 0.15) is 0 Å². The molecule has 1 saturated heterocycles. The van der Waals surface area contributed by atoms with Gasteiger partial charge in [-0.15, -0.1) is 11.3 Å². The van der Waals surface area contributed by atoms with Crippen LogP contribution in [0.4, 0.5) is 0 Å². The SMILES string of the molecule is CC1OCCC1S(=O)CC(=O)c1cc(Br)sc1Br. The molecule has 1 aromatic heterocycles. The average molecular weight is 416 g/mol. The Morgan fingerprint density at radius 1 is 1.61 bits per heavy atom. The summed E-state index contributed by atoms with van der Waals surface area (Å²) in [5, 5.41) is -0.0187. The monoisotopic (exact) mass is 414 g/mol. The van der Waals surface area contributed by atoms with Gasteiger partial charge in [0, 0.05) is 23.0 Å². The minimum absolute atomic E-state index is 0.0173. The fourth-order valence-corrected chi connectivity index (χ4v) is 6.25. The van der Waals surface area contributed by atoms with Gasteiger partial charge in [0.15, 0.2) is 5.78 Å². The second kappa shape index (κ2) is 6.26. The standard InChI is InChI=1S/C11H12Br2O3S2/c1-6-9(2-3-16-6)18(15)5-8(14)7-4-10(12)17-11(7)13/h4,6,9H,2-3,5H2,1H3. The van der Waals surface area contributed by atoms with Gasteiger partial charge in [0.05, 0.1) is 24.7 Å². The summed E-state index contributed by atoms with van der Waals surface area (Å²) >= 11 is 8.13. The van der Waals surface area contributed by atoms with Gasteiger partial charge < -0.3 is 4.74 Å². The van der Waals surface area contributed by atoms with Crippen LogP contribution in [0.5, 0.6) is 0 Å². The first kappa shape index (κ1) is 14.8. The van der Waals surface area contributed by atoms with E-state index in [1.807, 2.05) is 6.92 Å². The third-order valence-corrected chi connectivity index (χ3v) is 7.06. The third-order valence-electron chi connectivity index (χ3n) is 2.87. The van der Waals surface area contributed by atoms with Gasteiger partial charge in [-0.05, 0) is 51.3 Å². The molecule has 0 bridgehead atoms. The number of Topliss-reactive ketones (excluding diaryl/α,β-unsaturated/α-hetero) is 1. The maximum absolute atomic E-state index is 12.1. The fraction of sp³-hybridized carbons (Fsp3) is 0.545. The highest BCUT2D eigenvalue weighted by Crippen LogP contribution is 2.32. The van der Waals surface area contributed by atoms with Crippen molar-refractivity contribution >= 4 is 59.8 Å². The van der Waals surface area contributed by atoms with Crippen LogP contribution < -0.4 is 0 Å². The van der Waals surface area contributed by atoms with E-state index in [1.165, 1.54) is 11.3 Å². The van der Waals surface area contributed by atoms with Crippen LogP contribution in [0.2, 0.25) is 0 Å². The lowest BCUT2D eigenvalue weighted by Gasteiger charge is -2.12. The summed E-state index contributed by atoms with van der Waals surface area (Å²) in [4.78, 5) is 12.1. The Balaban J connectivity index is 2.03. The molecule has 1 aliphatic heterocycles. The van der Waals surface area contributed by atoms with Crippen LogP contribution in [0.15, 0.2) is 13.6 Å². The first-order valence-electron chi connectivity index (χ1n) is 5.46. The summed E-state index contributed by atoms with van der Waals surface area (Å²) in [6.07, 6.45) is 0.756. The van der Waals surface area contributed by atoms with E-state index in [-0.39, 0.29) is 22.9 Å². The zero-order valence-electron chi connectivity index (χ0n) is 9.65. The van der Waals surface area contributed by atoms with Crippen molar-refractivity contribution in [1.82, 2.24) is 0 Å². The molecule has 1 aliphatic rings. The molecule has 0 aliphatic carbocycles. The van der Waals surface area contributed by atoms with E-state index in [9.17, 15) is 9.00 Å². The molecule has 100 valence electrons. The molecule has 3 nitrogen and oxygen atoms in total. The fourth-order valence-electron chi connectivity index (χ4n) is 1.90. The van der Waals surface area contributed by atoms with Gasteiger partial charge in [-0.2, -0.15) is 0 Å². The van der Waals surface area contributed by atoms with Gasteiger partial charge >= 0.3 is 0 Å². The largest absolute Gasteiger partial charge is 0.377 e. The average Bonchev–Trinajstić information content (AvgIpc) is 2.84. The van der Waals surface area contributed by atoms with Gasteiger partial charge in [-0.3, -0.25) is 9.00 Å². The number of hydrogen-bond acceptors (Lipinski definition) is 4. The van der Waals surface area contributed by atoms with Crippen LogP contribution in [-0.2, 0) is 15.5 Å². The molecule has 18 heavy (non-hydrogen) atoms. The number of hydrogen-bond donors (Lipinski definition) is 0. The zero-order valence-corrected chi connectivity index (χ0v) is 14.5. The Morgan fingerprint density at radius 2 is 2.33 bits per heavy atom. The van der Waals surface area contributed by atoms with Crippen LogP contribution in [0.3, 0.4) is 0 Å². The van der Waals surface area contributed by atoms with E-state index in [1.54, 1.807) is 6.07 Å². The number of carbonyl (C=O) groups is 1. The molecule has 3 unspecified atom stereocenters. The van der Waals surface area contributed by atoms with Crippen molar-refractivity contribution in [2.45, 2.75) is 24.7 Å². The van der Waals surface area contributed by atoms with Crippen LogP contribution in [-0.4, -0.2) is 33.7 Å². The van der Waals surface area contributed by atoms with Crippen molar-refractivity contribution in [3.05, 3.63) is 19.2 Å². The highest BCUT2D eigenvalue weighted by Gasteiger charge is 2.31. The molecule has 0 saturated carbocycles. The molecule has 0 amide bonds. The number of ketones is 1. The summed E-state index contributed by atoms with van der Waals surface area (Å²) in [6, 6.07) is 1.77. The number of thiophene rings is 1. The number of carbonyl (C=O) groups excluding carboxylic acids is 1. The van der Waals surface area contributed by atoms with Crippen LogP contribution in [0, 0.1) is 0 Å². The molecule has 2 rings (SSSR count). The molecule has 7 heteroatoms. The second-order valence-electron chi connectivity index (χ2n) is 4.09. The predicted octanol–water partition coefficient (Wildman–Crippen LogP) is 3.38. The molecule has 2 heterocycles. The molecule has 0 aromatic carbocycles. The third kappa shape index (κ3) is 3.30. The van der Waals surface area contributed by atoms with Crippen molar-refractivity contribution in [2.24, 2.45) is 0 Å². The topological polar surface area (TPSA) is 43.4 Å². The van der Waals surface area contributed by atoms with Crippen molar-refractivity contribution in [1.29, 1.82) is 0 Å². The number of rotatable bonds is 4. The molecular formula is C11H12Br2O3S2. The van der Waals surface area contributed by atoms with E-state index in [2.05, 4.69) is 31.9 Å². The Bertz CT molecular complexity index is 487. The van der Waals surface area contributed by atoms with E-state index in [0.717, 1.165) is 14.0 Å². The van der Waals surface area contributed by atoms with Crippen molar-refractivity contribution in [3.8, 4) is 0 Å². The number of ether oxygens (including phenoxy) is 1. The van der Waals surface area contributed by atoms with Gasteiger partial charge in [-0.25, -0.2) is 0 Å². The molecule has 0 N–H and O–H groups in total. The minimum Gasteiger partial charge on any atom is -0.377 e. The summed E-state index contributed by atoms with van der Waals surface area (Å²) < 4.78 is 19.2. The summed E-state index contributed by atoms with van der Waals surface area (Å²) in [6.45, 7) is 2.55. The Labute approximate surface area is 129 Å². The molecule has 0 radical (unpaired) electrons. The maximum Gasteiger partial charge on any atom is 0.177 e. The Hall–Kier alpha value is 0.440. The molecule has 3 atom stereocenters. The van der Waals surface area contributed by atoms with E-state index in [0.29, 0.717) is 12.2 Å². The van der Waals surface area contributed by atoms with E-state index >= 15 is 0 Å². The normalized spacial score (nSPS) is 25.3. The summed E-state index contributed by atoms with van der Waals surface area (Å²) in [7, 11) is -1.16. The van der Waals surface area contributed by atoms with Crippen molar-refractivity contribution in [2.75, 3.05) is 12.4 Å². The smallest absolute Gasteiger partial charge is 0.177 e. The first-order chi connectivity index (χ1) is 8.49. The highest BCUT2D eigenvalue weighted by molar-refractivity contribution is 9.12. The second-order valence-corrected chi connectivity index (χ2v) is 9.49. The van der Waals surface area contributed by atoms with Gasteiger partial charge in [-0.1, -0.05) is 0 Å². The molecule has 1 fully saturated rings. The van der Waals surface area contributed by atoms with E-state index < -0.39 is 10.8 Å². The molecule has 1 aromatic rings. The summed E-state index contributed by atoms with van der Waals surface area (Å²) in [5.74, 6) is -0.0126. The van der Waals surface area contributed by atoms with Gasteiger partial charge in [0.2, 0.25) is 0 Å². The predicted molar refractivity (Wildman–Crippen MR) is 80.9 cm³/mol. The quantitative estimate of drug-likeness (QED) is 0.708. The van der Waals surface area contributed by atoms with Crippen molar-refractivity contribution in [3.63, 3.8) is 0 Å². The van der Waals surface area contributed by atoms with Crippen molar-refractivity contribution < 1.29 is 13.7 Å².